The van der Waals surface area contributed by atoms with Crippen molar-refractivity contribution in [3.63, 3.8) is 0 Å². The summed E-state index contributed by atoms with van der Waals surface area (Å²) < 4.78 is 14.4. The first kappa shape index (κ1) is 25.8. The summed E-state index contributed by atoms with van der Waals surface area (Å²) in [6.45, 7) is 10.4. The van der Waals surface area contributed by atoms with Gasteiger partial charge in [-0.3, -0.25) is 9.97 Å². The van der Waals surface area contributed by atoms with E-state index in [2.05, 4.69) is 52.0 Å². The summed E-state index contributed by atoms with van der Waals surface area (Å²) >= 11 is 0. The third-order valence-corrected chi connectivity index (χ3v) is 6.38. The number of halogens is 1. The molecule has 0 bridgehead atoms. The molecule has 6 rings (SSSR count). The first-order valence-corrected chi connectivity index (χ1v) is 11.6. The molecule has 0 fully saturated rings. The number of nitrogens with zero attached hydrogens (tertiary/aromatic N) is 5. The Kier molecular flexibility index (Phi) is 6.91. The first-order chi connectivity index (χ1) is 16.7. The van der Waals surface area contributed by atoms with Gasteiger partial charge in [-0.1, -0.05) is 70.1 Å². The van der Waals surface area contributed by atoms with Crippen molar-refractivity contribution in [2.24, 2.45) is 0 Å². The molecule has 0 aliphatic heterocycles. The Balaban J connectivity index is 0.000000172. The van der Waals surface area contributed by atoms with Crippen LogP contribution < -0.4 is 5.10 Å². The molecule has 3 heterocycles. The van der Waals surface area contributed by atoms with Crippen molar-refractivity contribution in [1.82, 2.24) is 25.1 Å². The van der Waals surface area contributed by atoms with Gasteiger partial charge in [0.25, 0.3) is 0 Å². The van der Waals surface area contributed by atoms with Crippen LogP contribution in [0.3, 0.4) is 0 Å². The van der Waals surface area contributed by atoms with E-state index in [-0.39, 0.29) is 31.3 Å². The molecule has 5 aromatic rings. The van der Waals surface area contributed by atoms with Crippen LogP contribution in [0.4, 0.5) is 4.39 Å². The van der Waals surface area contributed by atoms with Gasteiger partial charge in [0.1, 0.15) is 6.33 Å². The molecule has 5 nitrogen and oxygen atoms in total. The predicted molar refractivity (Wildman–Crippen MR) is 135 cm³/mol. The Morgan fingerprint density at radius 1 is 0.972 bits per heavy atom. The van der Waals surface area contributed by atoms with Crippen LogP contribution in [0.15, 0.2) is 67.1 Å². The summed E-state index contributed by atoms with van der Waals surface area (Å²) in [5.74, 6) is -0.204. The van der Waals surface area contributed by atoms with E-state index in [1.165, 1.54) is 12.4 Å². The van der Waals surface area contributed by atoms with Gasteiger partial charge in [-0.15, -0.1) is 23.8 Å². The zero-order valence-corrected chi connectivity index (χ0v) is 23.2. The fourth-order valence-electron chi connectivity index (χ4n) is 4.53. The monoisotopic (exact) mass is 656 g/mol. The number of hydrogen-bond donors (Lipinski definition) is 0. The maximum atomic E-state index is 14.4. The second kappa shape index (κ2) is 9.64. The van der Waals surface area contributed by atoms with Crippen LogP contribution in [0, 0.1) is 11.9 Å². The molecule has 0 saturated carbocycles. The number of rotatable bonds is 1. The fourth-order valence-corrected chi connectivity index (χ4v) is 4.53. The minimum Gasteiger partial charge on any atom is -0.573 e. The molecule has 2 aromatic carbocycles. The number of aromatic nitrogens is 5. The van der Waals surface area contributed by atoms with E-state index in [0.29, 0.717) is 5.56 Å². The van der Waals surface area contributed by atoms with Gasteiger partial charge in [0.15, 0.2) is 0 Å². The van der Waals surface area contributed by atoms with Gasteiger partial charge in [-0.05, 0) is 40.3 Å². The molecule has 0 spiro atoms. The molecule has 1 radical (unpaired) electrons. The van der Waals surface area contributed by atoms with E-state index in [1.807, 2.05) is 56.3 Å². The van der Waals surface area contributed by atoms with Gasteiger partial charge < -0.3 is 10.2 Å². The zero-order chi connectivity index (χ0) is 24.8. The maximum Gasteiger partial charge on any atom is 0.106 e. The Bertz CT molecular complexity index is 1520. The molecule has 0 amide bonds. The number of pyridine rings is 1. The molecule has 7 heteroatoms. The number of fused-ring (bicyclic) bond motifs is 2. The third kappa shape index (κ3) is 4.49. The van der Waals surface area contributed by atoms with Crippen LogP contribution in [0.25, 0.3) is 33.5 Å². The third-order valence-electron chi connectivity index (χ3n) is 6.38. The van der Waals surface area contributed by atoms with Gasteiger partial charge in [-0.25, -0.2) is 9.37 Å². The molecular formula is C29H26FIrN5-2. The summed E-state index contributed by atoms with van der Waals surface area (Å²) in [6, 6.07) is 20.0. The number of benzene rings is 2. The minimum atomic E-state index is -0.422. The van der Waals surface area contributed by atoms with Crippen molar-refractivity contribution in [2.45, 2.75) is 45.4 Å². The van der Waals surface area contributed by atoms with E-state index < -0.39 is 5.41 Å². The van der Waals surface area contributed by atoms with E-state index in [4.69, 9.17) is 0 Å². The molecule has 0 unspecified atom stereocenters. The van der Waals surface area contributed by atoms with Crippen LogP contribution in [0.2, 0.25) is 0 Å². The van der Waals surface area contributed by atoms with Gasteiger partial charge in [0.05, 0.1) is 5.52 Å². The smallest absolute Gasteiger partial charge is 0.106 e. The van der Waals surface area contributed by atoms with Crippen LogP contribution in [-0.4, -0.2) is 20.1 Å². The quantitative estimate of drug-likeness (QED) is 0.199. The Morgan fingerprint density at radius 2 is 1.78 bits per heavy atom. The van der Waals surface area contributed by atoms with Crippen molar-refractivity contribution < 1.29 is 24.5 Å². The van der Waals surface area contributed by atoms with Crippen LogP contribution in [0.5, 0.6) is 0 Å². The Hall–Kier alpha value is -3.28. The van der Waals surface area contributed by atoms with Crippen LogP contribution in [-0.2, 0) is 30.9 Å². The second-order valence-electron chi connectivity index (χ2n) is 10.2. The predicted octanol–water partition coefficient (Wildman–Crippen LogP) is 6.27. The number of hydrogen-bond acceptors (Lipinski definition) is 4. The standard InChI is InChI=1S/C17H12FN2.C12H14N3.Ir/c1-17(2)11-6-4-8-13-14(11)16(20-9-19-13)10-5-3-7-12(18)15(10)17;1-12(2,3)11-8-10(14-15-11)9-6-4-5-7-13-9;/h3-4,6-9H,1-2H3;4-8H,1-3H3;/q2*-1;. The van der Waals surface area contributed by atoms with Crippen molar-refractivity contribution in [3.05, 3.63) is 95.8 Å². The van der Waals surface area contributed by atoms with Crippen LogP contribution >= 0.6 is 0 Å². The summed E-state index contributed by atoms with van der Waals surface area (Å²) in [7, 11) is 0. The van der Waals surface area contributed by atoms with Gasteiger partial charge in [0, 0.05) is 48.9 Å². The van der Waals surface area contributed by atoms with Crippen molar-refractivity contribution in [1.29, 1.82) is 0 Å². The van der Waals surface area contributed by atoms with E-state index in [1.54, 1.807) is 12.3 Å². The SMILES string of the molecule is CC(C)(C)c1cc(-c2ccccn2)[n-]n1.CC1(C)c2c([c-]ccc2F)-c2ncnc3cccc1c23.[Ir]. The largest absolute Gasteiger partial charge is 0.573 e. The molecular weight excluding hydrogens is 630 g/mol. The molecule has 0 N–H and O–H groups in total. The summed E-state index contributed by atoms with van der Waals surface area (Å²) in [5.41, 5.74) is 6.50. The van der Waals surface area contributed by atoms with Crippen molar-refractivity contribution in [2.75, 3.05) is 0 Å². The minimum absolute atomic E-state index is 0. The average molecular weight is 656 g/mol. The Labute approximate surface area is 224 Å². The normalized spacial score (nSPS) is 13.3. The van der Waals surface area contributed by atoms with Crippen LogP contribution in [0.1, 0.15) is 51.4 Å². The van der Waals surface area contributed by atoms with Crippen molar-refractivity contribution >= 4 is 10.9 Å². The fraction of sp³-hybridized carbons (Fsp3) is 0.241. The molecule has 36 heavy (non-hydrogen) atoms. The molecule has 0 saturated heterocycles. The Morgan fingerprint density at radius 3 is 2.47 bits per heavy atom. The molecule has 185 valence electrons. The molecule has 1 aliphatic carbocycles. The second-order valence-corrected chi connectivity index (χ2v) is 10.2. The molecule has 0 atom stereocenters. The van der Waals surface area contributed by atoms with Gasteiger partial charge in [0.2, 0.25) is 0 Å². The van der Waals surface area contributed by atoms with Gasteiger partial charge in [-0.2, -0.15) is 0 Å². The molecule has 3 aromatic heterocycles. The van der Waals surface area contributed by atoms with E-state index >= 15 is 0 Å². The summed E-state index contributed by atoms with van der Waals surface area (Å²) in [5, 5.41) is 9.32. The van der Waals surface area contributed by atoms with E-state index in [0.717, 1.165) is 44.8 Å². The first-order valence-electron chi connectivity index (χ1n) is 11.6. The van der Waals surface area contributed by atoms with E-state index in [9.17, 15) is 4.39 Å². The molecule has 1 aliphatic rings. The average Bonchev–Trinajstić information content (AvgIpc) is 3.35. The topological polar surface area (TPSA) is 65.7 Å². The van der Waals surface area contributed by atoms with Gasteiger partial charge >= 0.3 is 0 Å². The maximum absolute atomic E-state index is 14.4. The zero-order valence-electron chi connectivity index (χ0n) is 20.8. The summed E-state index contributed by atoms with van der Waals surface area (Å²) in [4.78, 5) is 12.9. The summed E-state index contributed by atoms with van der Waals surface area (Å²) in [6.07, 6.45) is 3.29. The van der Waals surface area contributed by atoms with Crippen molar-refractivity contribution in [3.8, 4) is 22.6 Å².